The molecule has 0 N–H and O–H groups in total. The Morgan fingerprint density at radius 3 is 0.833 bits per heavy atom. The van der Waals surface area contributed by atoms with Gasteiger partial charge in [-0.2, -0.15) is 9.59 Å². The molecule has 0 aliphatic heterocycles. The van der Waals surface area contributed by atoms with E-state index in [1.807, 2.05) is 0 Å². The minimum absolute atomic E-state index is 0. The number of rotatable bonds is 0. The van der Waals surface area contributed by atoms with Crippen molar-refractivity contribution in [2.45, 2.75) is 0 Å². The maximum atomic E-state index is 8.12. The Morgan fingerprint density at radius 1 is 0.833 bits per heavy atom. The molecule has 0 aliphatic rings. The average Bonchev–Trinajstić information content (AvgIpc) is 0.918. The first kappa shape index (κ1) is 54.2. The van der Waals surface area contributed by atoms with E-state index < -0.39 is 0 Å². The van der Waals surface area contributed by atoms with E-state index in [9.17, 15) is 0 Å². The molecule has 0 heterocycles. The Kier molecular flexibility index (Phi) is 3130. The molecule has 0 amide bonds. The summed E-state index contributed by atoms with van der Waals surface area (Å²) in [5.41, 5.74) is 0. The van der Waals surface area contributed by atoms with Crippen molar-refractivity contribution in [1.82, 2.24) is 0 Å². The van der Waals surface area contributed by atoms with Crippen molar-refractivity contribution in [2.75, 3.05) is 0 Å². The van der Waals surface area contributed by atoms with E-state index in [2.05, 4.69) is 0 Å². The Labute approximate surface area is 39.2 Å². The molecule has 6 heavy (non-hydrogen) atoms. The van der Waals surface area contributed by atoms with Gasteiger partial charge in [0.25, 0.3) is 0 Å². The zero-order chi connectivity index (χ0) is 2.71. The van der Waals surface area contributed by atoms with Gasteiger partial charge in [0.15, 0.2) is 0 Å². The first-order valence-corrected chi connectivity index (χ1v) is 0.408. The lowest BCUT2D eigenvalue weighted by Gasteiger charge is -0.945. The minimum Gasteiger partial charge on any atom is -0.186 e. The van der Waals surface area contributed by atoms with Crippen molar-refractivity contribution < 1.29 is 9.59 Å². The molecular formula is C4O2. The third-order valence-corrected chi connectivity index (χ3v) is 0. The van der Waals surface area contributed by atoms with Gasteiger partial charge < -0.3 is 0 Å². The van der Waals surface area contributed by atoms with Gasteiger partial charge in [-0.25, -0.2) is 0 Å². The van der Waals surface area contributed by atoms with Crippen LogP contribution in [0.4, 0.5) is 0 Å². The molecule has 0 aromatic heterocycles. The standard InChI is InChI=1S/CO2.3C/c2-1-3;;;. The lowest BCUT2D eigenvalue weighted by atomic mass is 11.8. The Bertz CT molecular complexity index is 26.5. The fourth-order valence-corrected chi connectivity index (χ4v) is 0. The van der Waals surface area contributed by atoms with Crippen molar-refractivity contribution in [3.05, 3.63) is 22.3 Å². The van der Waals surface area contributed by atoms with E-state index in [1.54, 1.807) is 0 Å². The molecule has 0 atom stereocenters. The van der Waals surface area contributed by atoms with E-state index in [4.69, 9.17) is 9.59 Å². The SMILES string of the molecule is O=C=O.[C].[C].[C]. The average molecular weight is 80.0 g/mol. The van der Waals surface area contributed by atoms with Gasteiger partial charge in [0.05, 0.1) is 0 Å². The van der Waals surface area contributed by atoms with Crippen LogP contribution >= 0.6 is 0 Å². The van der Waals surface area contributed by atoms with Gasteiger partial charge in [0.1, 0.15) is 0 Å². The monoisotopic (exact) mass is 80.0 g/mol. The molecule has 0 saturated carbocycles. The second-order valence-electron chi connectivity index (χ2n) is 0.0833. The molecule has 0 aromatic rings. The summed E-state index contributed by atoms with van der Waals surface area (Å²) in [5, 5.41) is 0. The largest absolute Gasteiger partial charge is 0.373 e. The van der Waals surface area contributed by atoms with Crippen molar-refractivity contribution >= 4 is 6.15 Å². The van der Waals surface area contributed by atoms with Crippen LogP contribution in [0.2, 0.25) is 0 Å². The van der Waals surface area contributed by atoms with E-state index in [-0.39, 0.29) is 28.4 Å². The zero-order valence-electron chi connectivity index (χ0n) is 2.82. The van der Waals surface area contributed by atoms with Crippen LogP contribution in [0.3, 0.4) is 0 Å². The van der Waals surface area contributed by atoms with Crippen molar-refractivity contribution in [3.63, 3.8) is 0 Å². The summed E-state index contributed by atoms with van der Waals surface area (Å²) < 4.78 is 0. The highest BCUT2D eigenvalue weighted by atomic mass is 16.2. The van der Waals surface area contributed by atoms with Gasteiger partial charge in [-0.1, -0.05) is 0 Å². The molecule has 0 bridgehead atoms. The summed E-state index contributed by atoms with van der Waals surface area (Å²) in [4.78, 5) is 16.2. The molecule has 28 valence electrons. The van der Waals surface area contributed by atoms with Crippen LogP contribution in [-0.2, 0) is 9.59 Å². The highest BCUT2D eigenvalue weighted by Gasteiger charge is 1.13. The minimum atomic E-state index is 0. The zero-order valence-corrected chi connectivity index (χ0v) is 2.82. The summed E-state index contributed by atoms with van der Waals surface area (Å²) in [5.74, 6) is 0. The maximum Gasteiger partial charge on any atom is 0.373 e. The Morgan fingerprint density at radius 2 is 0.833 bits per heavy atom. The van der Waals surface area contributed by atoms with Gasteiger partial charge in [0.2, 0.25) is 0 Å². The van der Waals surface area contributed by atoms with Crippen LogP contribution in [0.5, 0.6) is 0 Å². The fraction of sp³-hybridized carbons (Fsp3) is 0. The normalized spacial score (nSPS) is 1.33. The number of carbonyl (C=O) groups excluding carboxylic acids is 2. The second kappa shape index (κ2) is 347. The third kappa shape index (κ3) is 49.8. The van der Waals surface area contributed by atoms with Crippen LogP contribution in [0.25, 0.3) is 0 Å². The summed E-state index contributed by atoms with van der Waals surface area (Å²) >= 11 is 0. The molecule has 0 spiro atoms. The first-order chi connectivity index (χ1) is 1.41. The van der Waals surface area contributed by atoms with Crippen LogP contribution in [0.15, 0.2) is 0 Å². The molecule has 12 radical (unpaired) electrons. The molecule has 0 fully saturated rings. The number of hydrogen-bond acceptors (Lipinski definition) is 2. The molecule has 0 aliphatic carbocycles. The quantitative estimate of drug-likeness (QED) is 0.399. The van der Waals surface area contributed by atoms with Gasteiger partial charge in [-0.05, 0) is 0 Å². The Hall–Kier alpha value is -0.620. The molecule has 2 heteroatoms. The van der Waals surface area contributed by atoms with Crippen molar-refractivity contribution in [1.29, 1.82) is 0 Å². The summed E-state index contributed by atoms with van der Waals surface area (Å²) in [7, 11) is 0. The van der Waals surface area contributed by atoms with E-state index >= 15 is 0 Å². The van der Waals surface area contributed by atoms with Crippen LogP contribution in [0.1, 0.15) is 0 Å². The molecule has 0 saturated heterocycles. The Balaban J connectivity index is -0.00000000667. The predicted molar refractivity (Wildman–Crippen MR) is 14.7 cm³/mol. The van der Waals surface area contributed by atoms with Crippen molar-refractivity contribution in [3.8, 4) is 0 Å². The smallest absolute Gasteiger partial charge is 0.186 e. The van der Waals surface area contributed by atoms with Crippen LogP contribution in [0, 0.1) is 22.3 Å². The highest BCUT2D eigenvalue weighted by Crippen LogP contribution is 0.787. The van der Waals surface area contributed by atoms with Gasteiger partial charge >= 0.3 is 6.15 Å². The first-order valence-electron chi connectivity index (χ1n) is 0.408. The van der Waals surface area contributed by atoms with E-state index in [1.165, 1.54) is 0 Å². The fourth-order valence-electron chi connectivity index (χ4n) is 0. The lowest BCUT2D eigenvalue weighted by Crippen LogP contribution is -1.22. The summed E-state index contributed by atoms with van der Waals surface area (Å²) in [6, 6.07) is 0. The van der Waals surface area contributed by atoms with E-state index in [0.29, 0.717) is 0 Å². The summed E-state index contributed by atoms with van der Waals surface area (Å²) in [6.45, 7) is 0. The van der Waals surface area contributed by atoms with Crippen LogP contribution < -0.4 is 0 Å². The number of hydrogen-bond donors (Lipinski definition) is 0. The molecule has 2 nitrogen and oxygen atoms in total. The second-order valence-corrected chi connectivity index (χ2v) is 0.0833. The lowest BCUT2D eigenvalue weighted by molar-refractivity contribution is -0.191. The van der Waals surface area contributed by atoms with Gasteiger partial charge in [-0.3, -0.25) is 0 Å². The van der Waals surface area contributed by atoms with Crippen molar-refractivity contribution in [2.24, 2.45) is 0 Å². The van der Waals surface area contributed by atoms with E-state index in [0.717, 1.165) is 0 Å². The topological polar surface area (TPSA) is 34.1 Å². The third-order valence-electron chi connectivity index (χ3n) is 0. The molecule has 0 aromatic carbocycles. The molecule has 0 rings (SSSR count). The van der Waals surface area contributed by atoms with Gasteiger partial charge in [-0.15, -0.1) is 0 Å². The molecule has 0 unspecified atom stereocenters. The van der Waals surface area contributed by atoms with Crippen LogP contribution in [-0.4, -0.2) is 6.15 Å². The summed E-state index contributed by atoms with van der Waals surface area (Å²) in [6.07, 6.45) is 0.250. The highest BCUT2D eigenvalue weighted by molar-refractivity contribution is 5.20. The predicted octanol–water partition coefficient (Wildman–Crippen LogP) is -0.340. The van der Waals surface area contributed by atoms with Gasteiger partial charge in [0, 0.05) is 22.3 Å². The maximum absolute atomic E-state index is 8.12. The molecular weight excluding hydrogens is 80.0 g/mol.